The molecule has 1 saturated heterocycles. The van der Waals surface area contributed by atoms with E-state index in [0.29, 0.717) is 29.0 Å². The largest absolute Gasteiger partial charge is 0.493 e. The van der Waals surface area contributed by atoms with Crippen LogP contribution in [0.25, 0.3) is 11.7 Å². The minimum absolute atomic E-state index is 0.238. The zero-order valence-electron chi connectivity index (χ0n) is 20.8. The van der Waals surface area contributed by atoms with E-state index in [0.717, 1.165) is 30.9 Å². The Balaban J connectivity index is 1.23. The number of nitrogens with zero attached hydrogens (tertiary/aromatic N) is 6. The van der Waals surface area contributed by atoms with Gasteiger partial charge in [0.1, 0.15) is 5.69 Å². The second kappa shape index (κ2) is 9.81. The summed E-state index contributed by atoms with van der Waals surface area (Å²) in [6.45, 7) is 6.25. The predicted octanol–water partition coefficient (Wildman–Crippen LogP) is 1.30. The number of fused-ring (bicyclic) bond motifs is 1. The van der Waals surface area contributed by atoms with E-state index in [9.17, 15) is 9.90 Å². The van der Waals surface area contributed by atoms with Crippen LogP contribution in [0.5, 0.6) is 5.88 Å². The summed E-state index contributed by atoms with van der Waals surface area (Å²) in [4.78, 5) is 32.9. The molecule has 0 bridgehead atoms. The number of H-pyrrole nitrogens is 2. The van der Waals surface area contributed by atoms with E-state index in [4.69, 9.17) is 4.99 Å². The van der Waals surface area contributed by atoms with Crippen molar-refractivity contribution in [3.8, 4) is 5.88 Å². The highest BCUT2D eigenvalue weighted by atomic mass is 16.3. The molecule has 6 rings (SSSR count). The molecule has 2 aliphatic rings. The molecule has 0 radical (unpaired) electrons. The number of likely N-dealkylation sites (tertiary alicyclic amines) is 1. The van der Waals surface area contributed by atoms with Crippen LogP contribution < -0.4 is 21.8 Å². The van der Waals surface area contributed by atoms with Gasteiger partial charge < -0.3 is 15.4 Å². The summed E-state index contributed by atoms with van der Waals surface area (Å²) in [5.74, 6) is 1.04. The number of benzene rings is 1. The van der Waals surface area contributed by atoms with Crippen LogP contribution in [0, 0.1) is 5.92 Å². The van der Waals surface area contributed by atoms with Gasteiger partial charge in [0.15, 0.2) is 5.65 Å². The lowest BCUT2D eigenvalue weighted by Crippen LogP contribution is -2.32. The average Bonchev–Trinajstić information content (AvgIpc) is 3.53. The summed E-state index contributed by atoms with van der Waals surface area (Å²) in [6, 6.07) is 8.93. The minimum Gasteiger partial charge on any atom is -0.493 e. The fraction of sp³-hybridized carbons (Fsp3) is 0.423. The van der Waals surface area contributed by atoms with Crippen molar-refractivity contribution in [3.63, 3.8) is 0 Å². The summed E-state index contributed by atoms with van der Waals surface area (Å²) < 4.78 is 1.59. The number of aromatic nitrogens is 6. The molecule has 2 fully saturated rings. The van der Waals surface area contributed by atoms with Gasteiger partial charge in [-0.1, -0.05) is 31.2 Å². The van der Waals surface area contributed by atoms with Crippen molar-refractivity contribution in [2.45, 2.75) is 51.7 Å². The van der Waals surface area contributed by atoms with Gasteiger partial charge in [-0.05, 0) is 61.9 Å². The van der Waals surface area contributed by atoms with Crippen molar-refractivity contribution in [3.05, 3.63) is 68.6 Å². The van der Waals surface area contributed by atoms with Gasteiger partial charge in [0, 0.05) is 18.3 Å². The molecule has 4 aromatic rings. The SMILES string of the molecule is CC1CCN(Cc2ccc(CNc3nc(=NC4CC4)n4nc/c(=C\c5[nH]c(=O)[nH]c5O)c4n3)cc2)CC1. The molecule has 4 N–H and O–H groups in total. The lowest BCUT2D eigenvalue weighted by molar-refractivity contribution is 0.185. The number of aromatic hydroxyl groups is 1. The van der Waals surface area contributed by atoms with Gasteiger partial charge in [0.2, 0.25) is 11.8 Å². The van der Waals surface area contributed by atoms with Crippen molar-refractivity contribution in [1.29, 1.82) is 0 Å². The van der Waals surface area contributed by atoms with Crippen LogP contribution in [0.1, 0.15) is 49.4 Å². The number of imidazole rings is 1. The van der Waals surface area contributed by atoms with Gasteiger partial charge in [-0.15, -0.1) is 0 Å². The number of rotatable bonds is 7. The molecule has 1 aliphatic heterocycles. The minimum atomic E-state index is -0.488. The normalized spacial score (nSPS) is 18.2. The first kappa shape index (κ1) is 23.4. The lowest BCUT2D eigenvalue weighted by Gasteiger charge is -2.30. The molecular formula is C26H31N9O2. The van der Waals surface area contributed by atoms with Gasteiger partial charge in [0.25, 0.3) is 5.62 Å². The summed E-state index contributed by atoms with van der Waals surface area (Å²) in [6.07, 6.45) is 7.87. The van der Waals surface area contributed by atoms with Crippen LogP contribution in [0.15, 0.2) is 40.2 Å². The standard InChI is InChI=1S/C26H31N9O2/c1-16-8-10-34(11-9-16)15-18-4-2-17(3-5-18)13-27-24-31-22-19(12-21-23(36)32-26(37)30-21)14-28-35(22)25(33-24)29-20-6-7-20/h2-5,12,14,16,20,36H,6-11,13,15H2,1H3,(H,27,29,33)(H2,30,32,37)/b19-12+. The molecule has 0 atom stereocenters. The molecule has 11 heteroatoms. The fourth-order valence-electron chi connectivity index (χ4n) is 4.58. The van der Waals surface area contributed by atoms with Crippen molar-refractivity contribution < 1.29 is 5.11 Å². The summed E-state index contributed by atoms with van der Waals surface area (Å²) in [7, 11) is 0. The maximum atomic E-state index is 11.5. The van der Waals surface area contributed by atoms with Gasteiger partial charge in [-0.25, -0.2) is 9.79 Å². The summed E-state index contributed by atoms with van der Waals surface area (Å²) in [5.41, 5.74) is 3.24. The fourth-order valence-corrected chi connectivity index (χ4v) is 4.58. The van der Waals surface area contributed by atoms with Crippen LogP contribution in [-0.2, 0) is 13.1 Å². The van der Waals surface area contributed by atoms with Gasteiger partial charge >= 0.3 is 5.69 Å². The van der Waals surface area contributed by atoms with Crippen molar-refractivity contribution in [2.24, 2.45) is 10.9 Å². The van der Waals surface area contributed by atoms with E-state index in [-0.39, 0.29) is 17.6 Å². The summed E-state index contributed by atoms with van der Waals surface area (Å²) >= 11 is 0. The van der Waals surface area contributed by atoms with E-state index in [1.165, 1.54) is 31.5 Å². The van der Waals surface area contributed by atoms with E-state index in [1.807, 2.05) is 0 Å². The Labute approximate surface area is 213 Å². The number of nitrogens with one attached hydrogen (secondary N) is 3. The van der Waals surface area contributed by atoms with Crippen molar-refractivity contribution in [1.82, 2.24) is 34.4 Å². The van der Waals surface area contributed by atoms with Crippen LogP contribution in [0.2, 0.25) is 0 Å². The van der Waals surface area contributed by atoms with E-state index < -0.39 is 5.69 Å². The number of aromatic amines is 2. The molecule has 0 spiro atoms. The highest BCUT2D eigenvalue weighted by Gasteiger charge is 2.21. The first-order valence-corrected chi connectivity index (χ1v) is 12.9. The Morgan fingerprint density at radius 1 is 1.11 bits per heavy atom. The molecule has 0 unspecified atom stereocenters. The first-order valence-electron chi connectivity index (χ1n) is 12.9. The van der Waals surface area contributed by atoms with Crippen molar-refractivity contribution in [2.75, 3.05) is 18.4 Å². The van der Waals surface area contributed by atoms with Crippen LogP contribution in [-0.4, -0.2) is 58.7 Å². The molecule has 4 heterocycles. The molecule has 0 amide bonds. The zero-order chi connectivity index (χ0) is 25.4. The molecule has 1 aliphatic carbocycles. The molecule has 192 valence electrons. The van der Waals surface area contributed by atoms with Gasteiger partial charge in [0.05, 0.1) is 12.2 Å². The second-order valence-corrected chi connectivity index (χ2v) is 10.2. The van der Waals surface area contributed by atoms with Crippen LogP contribution in [0.3, 0.4) is 0 Å². The quantitative estimate of drug-likeness (QED) is 0.299. The predicted molar refractivity (Wildman–Crippen MR) is 139 cm³/mol. The Hall–Kier alpha value is -3.99. The van der Waals surface area contributed by atoms with Gasteiger partial charge in [-0.3, -0.25) is 9.88 Å². The third-order valence-corrected chi connectivity index (χ3v) is 7.01. The lowest BCUT2D eigenvalue weighted by atomic mass is 9.99. The first-order chi connectivity index (χ1) is 18.0. The Morgan fingerprint density at radius 2 is 1.86 bits per heavy atom. The molecular weight excluding hydrogens is 470 g/mol. The number of anilines is 1. The molecule has 37 heavy (non-hydrogen) atoms. The van der Waals surface area contributed by atoms with E-state index in [1.54, 1.807) is 16.8 Å². The number of hydrogen-bond donors (Lipinski definition) is 4. The third-order valence-electron chi connectivity index (χ3n) is 7.01. The molecule has 3 aromatic heterocycles. The number of piperidine rings is 1. The monoisotopic (exact) mass is 501 g/mol. The Morgan fingerprint density at radius 3 is 2.57 bits per heavy atom. The van der Waals surface area contributed by atoms with Gasteiger partial charge in [-0.2, -0.15) is 19.6 Å². The zero-order valence-corrected chi connectivity index (χ0v) is 20.8. The highest BCUT2D eigenvalue weighted by molar-refractivity contribution is 5.57. The second-order valence-electron chi connectivity index (χ2n) is 10.2. The Kier molecular flexibility index (Phi) is 6.21. The maximum Gasteiger partial charge on any atom is 0.326 e. The highest BCUT2D eigenvalue weighted by Crippen LogP contribution is 2.22. The maximum absolute atomic E-state index is 11.5. The topological polar surface area (TPSA) is 140 Å². The van der Waals surface area contributed by atoms with E-state index in [2.05, 4.69) is 66.4 Å². The summed E-state index contributed by atoms with van der Waals surface area (Å²) in [5, 5.41) is 18.3. The van der Waals surface area contributed by atoms with Crippen molar-refractivity contribution >= 4 is 17.7 Å². The average molecular weight is 502 g/mol. The third kappa shape index (κ3) is 5.41. The van der Waals surface area contributed by atoms with Crippen LogP contribution >= 0.6 is 0 Å². The van der Waals surface area contributed by atoms with E-state index >= 15 is 0 Å². The van der Waals surface area contributed by atoms with Crippen LogP contribution in [0.4, 0.5) is 5.95 Å². The molecule has 1 aromatic carbocycles. The molecule has 1 saturated carbocycles. The number of hydrogen-bond acceptors (Lipinski definition) is 8. The Bertz CT molecular complexity index is 1570. The smallest absolute Gasteiger partial charge is 0.326 e. The molecule has 11 nitrogen and oxygen atoms in total.